The number of allylic oxidation sites excluding steroid dienone is 24. The van der Waals surface area contributed by atoms with E-state index in [2.05, 4.69) is 167 Å². The van der Waals surface area contributed by atoms with E-state index in [0.29, 0.717) is 19.3 Å². The molecule has 0 aromatic heterocycles. The van der Waals surface area contributed by atoms with Gasteiger partial charge in [-0.2, -0.15) is 0 Å². The van der Waals surface area contributed by atoms with Gasteiger partial charge in [0.05, 0.1) is 0 Å². The zero-order valence-electron chi connectivity index (χ0n) is 50.4. The van der Waals surface area contributed by atoms with Crippen LogP contribution in [0.25, 0.3) is 0 Å². The van der Waals surface area contributed by atoms with E-state index >= 15 is 0 Å². The van der Waals surface area contributed by atoms with Crippen LogP contribution in [0.2, 0.25) is 0 Å². The number of carbonyl (C=O) groups is 3. The maximum Gasteiger partial charge on any atom is 0.306 e. The highest BCUT2D eigenvalue weighted by Crippen LogP contribution is 2.15. The fourth-order valence-electron chi connectivity index (χ4n) is 8.34. The number of carbonyl (C=O) groups excluding carboxylic acids is 3. The molecule has 0 rings (SSSR count). The summed E-state index contributed by atoms with van der Waals surface area (Å²) in [5.74, 6) is -0.934. The number of unbranched alkanes of at least 4 members (excludes halogenated alkanes) is 21. The monoisotopic (exact) mass is 1080 g/mol. The van der Waals surface area contributed by atoms with Crippen LogP contribution >= 0.6 is 0 Å². The highest BCUT2D eigenvalue weighted by molar-refractivity contribution is 5.71. The molecule has 6 nitrogen and oxygen atoms in total. The van der Waals surface area contributed by atoms with Gasteiger partial charge in [0, 0.05) is 19.3 Å². The SMILES string of the molecule is CC/C=C\C/C=C\C/C=C\C/C=C\C/C=C\C/C=C\CCCCCCCCC(=O)OCC(COC(=O)CCCCCCC/C=C\C/C=C\CCCC)OC(=O)CCCCCCCCCC/C=C\C/C=C\C/C=C\C/C=C\CC. The van der Waals surface area contributed by atoms with Crippen molar-refractivity contribution in [1.29, 1.82) is 0 Å². The summed E-state index contributed by atoms with van der Waals surface area (Å²) in [6.45, 7) is 6.34. The van der Waals surface area contributed by atoms with Crippen LogP contribution in [0.4, 0.5) is 0 Å². The Morgan fingerprint density at radius 3 is 0.782 bits per heavy atom. The van der Waals surface area contributed by atoms with E-state index in [9.17, 15) is 14.4 Å². The van der Waals surface area contributed by atoms with Crippen molar-refractivity contribution in [1.82, 2.24) is 0 Å². The van der Waals surface area contributed by atoms with Crippen LogP contribution in [-0.2, 0) is 28.6 Å². The van der Waals surface area contributed by atoms with E-state index in [1.807, 2.05) is 0 Å². The molecular formula is C72H116O6. The molecule has 0 saturated carbocycles. The second kappa shape index (κ2) is 64.8. The number of ether oxygens (including phenoxy) is 3. The third-order valence-electron chi connectivity index (χ3n) is 13.1. The molecule has 440 valence electrons. The first kappa shape index (κ1) is 73.3. The van der Waals surface area contributed by atoms with Crippen LogP contribution in [0.5, 0.6) is 0 Å². The quantitative estimate of drug-likeness (QED) is 0.0261. The largest absolute Gasteiger partial charge is 0.462 e. The van der Waals surface area contributed by atoms with Gasteiger partial charge in [-0.3, -0.25) is 14.4 Å². The molecule has 0 radical (unpaired) electrons. The Labute approximate surface area is 480 Å². The average Bonchev–Trinajstić information content (AvgIpc) is 3.44. The van der Waals surface area contributed by atoms with E-state index in [1.165, 1.54) is 64.2 Å². The van der Waals surface area contributed by atoms with E-state index in [0.717, 1.165) is 167 Å². The summed E-state index contributed by atoms with van der Waals surface area (Å²) in [7, 11) is 0. The molecule has 0 spiro atoms. The fourth-order valence-corrected chi connectivity index (χ4v) is 8.34. The molecule has 0 amide bonds. The van der Waals surface area contributed by atoms with Crippen molar-refractivity contribution in [2.24, 2.45) is 0 Å². The second-order valence-electron chi connectivity index (χ2n) is 20.5. The lowest BCUT2D eigenvalue weighted by Crippen LogP contribution is -2.30. The van der Waals surface area contributed by atoms with Crippen molar-refractivity contribution in [3.8, 4) is 0 Å². The van der Waals surface area contributed by atoms with Gasteiger partial charge in [0.15, 0.2) is 6.10 Å². The van der Waals surface area contributed by atoms with Crippen LogP contribution in [0, 0.1) is 0 Å². The number of rotatable bonds is 56. The third-order valence-corrected chi connectivity index (χ3v) is 13.1. The Morgan fingerprint density at radius 2 is 0.500 bits per heavy atom. The molecule has 78 heavy (non-hydrogen) atoms. The Morgan fingerprint density at radius 1 is 0.269 bits per heavy atom. The average molecular weight is 1080 g/mol. The van der Waals surface area contributed by atoms with Gasteiger partial charge in [-0.05, 0) is 135 Å². The Kier molecular flexibility index (Phi) is 60.9. The fraction of sp³-hybridized carbons (Fsp3) is 0.625. The van der Waals surface area contributed by atoms with Gasteiger partial charge < -0.3 is 14.2 Å². The molecule has 0 fully saturated rings. The molecule has 1 unspecified atom stereocenters. The normalized spacial score (nSPS) is 13.1. The van der Waals surface area contributed by atoms with Crippen LogP contribution in [-0.4, -0.2) is 37.2 Å². The van der Waals surface area contributed by atoms with Gasteiger partial charge in [-0.15, -0.1) is 0 Å². The molecule has 1 atom stereocenters. The van der Waals surface area contributed by atoms with Crippen molar-refractivity contribution in [2.45, 2.75) is 277 Å². The van der Waals surface area contributed by atoms with Gasteiger partial charge >= 0.3 is 17.9 Å². The van der Waals surface area contributed by atoms with E-state index in [1.54, 1.807) is 0 Å². The number of hydrogen-bond acceptors (Lipinski definition) is 6. The summed E-state index contributed by atoms with van der Waals surface area (Å²) in [5.41, 5.74) is 0. The molecule has 0 aliphatic rings. The van der Waals surface area contributed by atoms with E-state index < -0.39 is 6.10 Å². The number of hydrogen-bond donors (Lipinski definition) is 0. The molecule has 0 saturated heterocycles. The van der Waals surface area contributed by atoms with E-state index in [4.69, 9.17) is 14.2 Å². The molecule has 0 aromatic rings. The van der Waals surface area contributed by atoms with Crippen LogP contribution in [0.1, 0.15) is 271 Å². The van der Waals surface area contributed by atoms with E-state index in [-0.39, 0.29) is 31.1 Å². The van der Waals surface area contributed by atoms with Crippen LogP contribution in [0.15, 0.2) is 146 Å². The first-order chi connectivity index (χ1) is 38.5. The van der Waals surface area contributed by atoms with Gasteiger partial charge in [-0.1, -0.05) is 263 Å². The summed E-state index contributed by atoms with van der Waals surface area (Å²) in [6.07, 6.45) is 92.7. The molecule has 6 heteroatoms. The lowest BCUT2D eigenvalue weighted by molar-refractivity contribution is -0.167. The topological polar surface area (TPSA) is 78.9 Å². The minimum absolute atomic E-state index is 0.0984. The van der Waals surface area contributed by atoms with Crippen molar-refractivity contribution >= 4 is 17.9 Å². The van der Waals surface area contributed by atoms with Gasteiger partial charge in [-0.25, -0.2) is 0 Å². The summed E-state index contributed by atoms with van der Waals surface area (Å²) >= 11 is 0. The molecule has 0 aliphatic carbocycles. The lowest BCUT2D eigenvalue weighted by atomic mass is 10.1. The molecule has 0 heterocycles. The Bertz CT molecular complexity index is 1710. The summed E-state index contributed by atoms with van der Waals surface area (Å²) in [4.78, 5) is 38.3. The molecule has 0 bridgehead atoms. The Hall–Kier alpha value is -4.71. The smallest absolute Gasteiger partial charge is 0.306 e. The van der Waals surface area contributed by atoms with Crippen molar-refractivity contribution in [3.05, 3.63) is 146 Å². The summed E-state index contributed by atoms with van der Waals surface area (Å²) in [6, 6.07) is 0. The highest BCUT2D eigenvalue weighted by atomic mass is 16.6. The zero-order chi connectivity index (χ0) is 56.4. The summed E-state index contributed by atoms with van der Waals surface area (Å²) in [5, 5.41) is 0. The predicted molar refractivity (Wildman–Crippen MR) is 339 cm³/mol. The predicted octanol–water partition coefficient (Wildman–Crippen LogP) is 21.9. The molecular weight excluding hydrogens is 961 g/mol. The first-order valence-corrected chi connectivity index (χ1v) is 31.8. The lowest BCUT2D eigenvalue weighted by Gasteiger charge is -2.18. The first-order valence-electron chi connectivity index (χ1n) is 31.8. The molecule has 0 aromatic carbocycles. The minimum Gasteiger partial charge on any atom is -0.462 e. The maximum atomic E-state index is 12.9. The minimum atomic E-state index is -0.803. The van der Waals surface area contributed by atoms with Gasteiger partial charge in [0.1, 0.15) is 13.2 Å². The number of esters is 3. The Balaban J connectivity index is 4.44. The summed E-state index contributed by atoms with van der Waals surface area (Å²) < 4.78 is 16.9. The van der Waals surface area contributed by atoms with Crippen molar-refractivity contribution < 1.29 is 28.6 Å². The maximum absolute atomic E-state index is 12.9. The van der Waals surface area contributed by atoms with Crippen LogP contribution in [0.3, 0.4) is 0 Å². The molecule has 0 aliphatic heterocycles. The van der Waals surface area contributed by atoms with Crippen molar-refractivity contribution in [3.63, 3.8) is 0 Å². The standard InChI is InChI=1S/C72H116O6/c1-4-7-10-13-16-19-22-25-28-30-32-34-35-36-37-39-40-42-44-47-50-53-56-59-62-65-71(74)77-68-69(67-76-70(73)64-61-58-55-52-49-46-27-24-21-18-15-12-9-6-3)78-72(75)66-63-60-57-54-51-48-45-43-41-38-33-31-29-26-23-20-17-14-11-8-5-2/h7-8,10-11,15-20,24-29,32-34,36-38,40,42,69H,4-6,9,12-14,21-23,30-31,35,39,41,43-68H2,1-3H3/b10-7-,11-8-,18-15-,19-16-,20-17-,27-24-,28-25-,29-26-,34-32-,37-36-,38-33-,42-40-. The molecule has 0 N–H and O–H groups in total. The highest BCUT2D eigenvalue weighted by Gasteiger charge is 2.19. The second-order valence-corrected chi connectivity index (χ2v) is 20.5. The van der Waals surface area contributed by atoms with Crippen molar-refractivity contribution in [2.75, 3.05) is 13.2 Å². The third kappa shape index (κ3) is 62.1. The van der Waals surface area contributed by atoms with Crippen LogP contribution < -0.4 is 0 Å². The van der Waals surface area contributed by atoms with Gasteiger partial charge in [0.25, 0.3) is 0 Å². The zero-order valence-corrected chi connectivity index (χ0v) is 50.4. The van der Waals surface area contributed by atoms with Gasteiger partial charge in [0.2, 0.25) is 0 Å².